The SMILES string of the molecule is CC1=NN(c2ccccc2)[C@@H]2OC(C)(C)[C@@H]3COc4ccccc4[C@@H]3[C@H]12. The molecule has 2 aromatic rings. The van der Waals surface area contributed by atoms with Gasteiger partial charge < -0.3 is 9.47 Å². The lowest BCUT2D eigenvalue weighted by molar-refractivity contribution is -0.172. The molecule has 0 spiro atoms. The molecule has 0 N–H and O–H groups in total. The summed E-state index contributed by atoms with van der Waals surface area (Å²) in [6.07, 6.45) is -0.0835. The molecular weight excluding hydrogens is 324 g/mol. The van der Waals surface area contributed by atoms with Gasteiger partial charge in [0.2, 0.25) is 0 Å². The van der Waals surface area contributed by atoms with Gasteiger partial charge in [-0.2, -0.15) is 5.10 Å². The molecule has 0 unspecified atom stereocenters. The maximum Gasteiger partial charge on any atom is 0.160 e. The first-order valence-corrected chi connectivity index (χ1v) is 9.35. The molecule has 0 aliphatic carbocycles. The molecule has 1 fully saturated rings. The van der Waals surface area contributed by atoms with Gasteiger partial charge in [0.05, 0.1) is 23.8 Å². The Morgan fingerprint density at radius 1 is 1.00 bits per heavy atom. The third-order valence-electron chi connectivity index (χ3n) is 6.15. The van der Waals surface area contributed by atoms with E-state index in [-0.39, 0.29) is 17.7 Å². The Kier molecular flexibility index (Phi) is 3.41. The fraction of sp³-hybridized carbons (Fsp3) is 0.409. The Balaban J connectivity index is 1.62. The van der Waals surface area contributed by atoms with Crippen molar-refractivity contribution < 1.29 is 9.47 Å². The lowest BCUT2D eigenvalue weighted by Crippen LogP contribution is -2.58. The standard InChI is InChI=1S/C22H24N2O2/c1-14-19-20-16-11-7-8-12-18(16)25-13-17(20)22(2,3)26-21(19)24(23-14)15-9-5-4-6-10-15/h4-12,17,19-21H,13H2,1-3H3/t17-,19+,20+,21-/m1/s1. The first kappa shape index (κ1) is 15.9. The minimum absolute atomic E-state index is 0.0835. The molecule has 0 bridgehead atoms. The van der Waals surface area contributed by atoms with Crippen LogP contribution in [0.1, 0.15) is 32.3 Å². The van der Waals surface area contributed by atoms with E-state index < -0.39 is 0 Å². The fourth-order valence-corrected chi connectivity index (χ4v) is 4.86. The van der Waals surface area contributed by atoms with Crippen molar-refractivity contribution in [1.82, 2.24) is 0 Å². The number of hydrogen-bond acceptors (Lipinski definition) is 4. The Morgan fingerprint density at radius 3 is 2.54 bits per heavy atom. The Hall–Kier alpha value is -2.33. The van der Waals surface area contributed by atoms with Crippen molar-refractivity contribution >= 4 is 11.4 Å². The molecule has 0 aromatic heterocycles. The zero-order valence-electron chi connectivity index (χ0n) is 15.4. The summed E-state index contributed by atoms with van der Waals surface area (Å²) >= 11 is 0. The zero-order valence-corrected chi connectivity index (χ0v) is 15.4. The maximum absolute atomic E-state index is 6.65. The second-order valence-corrected chi connectivity index (χ2v) is 8.04. The molecule has 0 saturated carbocycles. The van der Waals surface area contributed by atoms with Crippen molar-refractivity contribution in [2.45, 2.75) is 38.5 Å². The summed E-state index contributed by atoms with van der Waals surface area (Å²) in [4.78, 5) is 0. The van der Waals surface area contributed by atoms with Gasteiger partial charge in [0.1, 0.15) is 5.75 Å². The van der Waals surface area contributed by atoms with Crippen molar-refractivity contribution in [3.63, 3.8) is 0 Å². The van der Waals surface area contributed by atoms with Gasteiger partial charge in [0.15, 0.2) is 6.23 Å². The monoisotopic (exact) mass is 348 g/mol. The number of para-hydroxylation sites is 2. The van der Waals surface area contributed by atoms with Crippen molar-refractivity contribution in [3.05, 3.63) is 60.2 Å². The quantitative estimate of drug-likeness (QED) is 0.765. The molecule has 5 rings (SSSR count). The van der Waals surface area contributed by atoms with Crippen LogP contribution in [-0.4, -0.2) is 24.1 Å². The van der Waals surface area contributed by atoms with Crippen LogP contribution in [0.2, 0.25) is 0 Å². The molecule has 4 heteroatoms. The number of hydrogen-bond donors (Lipinski definition) is 0. The van der Waals surface area contributed by atoms with E-state index in [0.717, 1.165) is 17.1 Å². The summed E-state index contributed by atoms with van der Waals surface area (Å²) in [6, 6.07) is 18.8. The van der Waals surface area contributed by atoms with Gasteiger partial charge in [-0.15, -0.1) is 0 Å². The summed E-state index contributed by atoms with van der Waals surface area (Å²) in [6.45, 7) is 7.21. The smallest absolute Gasteiger partial charge is 0.160 e. The molecule has 1 saturated heterocycles. The molecule has 3 aliphatic heterocycles. The highest BCUT2D eigenvalue weighted by Gasteiger charge is 2.57. The minimum atomic E-state index is -0.285. The number of benzene rings is 2. The summed E-state index contributed by atoms with van der Waals surface area (Å²) < 4.78 is 12.7. The molecule has 0 amide bonds. The number of fused-ring (bicyclic) bond motifs is 5. The van der Waals surface area contributed by atoms with Crippen molar-refractivity contribution in [2.75, 3.05) is 11.6 Å². The molecule has 2 aromatic carbocycles. The molecule has 0 radical (unpaired) electrons. The predicted octanol–water partition coefficient (Wildman–Crippen LogP) is 4.43. The molecule has 134 valence electrons. The highest BCUT2D eigenvalue weighted by atomic mass is 16.5. The van der Waals surface area contributed by atoms with E-state index in [2.05, 4.69) is 56.1 Å². The maximum atomic E-state index is 6.65. The van der Waals surface area contributed by atoms with E-state index in [1.165, 1.54) is 5.56 Å². The van der Waals surface area contributed by atoms with Crippen LogP contribution in [0.15, 0.2) is 59.7 Å². The normalized spacial score (nSPS) is 31.3. The summed E-state index contributed by atoms with van der Waals surface area (Å²) in [7, 11) is 0. The van der Waals surface area contributed by atoms with Gasteiger partial charge in [-0.1, -0.05) is 36.4 Å². The number of rotatable bonds is 1. The number of hydrazone groups is 1. The van der Waals surface area contributed by atoms with E-state index in [9.17, 15) is 0 Å². The lowest BCUT2D eigenvalue weighted by Gasteiger charge is -2.52. The van der Waals surface area contributed by atoms with Crippen LogP contribution < -0.4 is 9.75 Å². The molecule has 4 nitrogen and oxygen atoms in total. The largest absolute Gasteiger partial charge is 0.493 e. The van der Waals surface area contributed by atoms with Crippen molar-refractivity contribution in [2.24, 2.45) is 16.9 Å². The summed E-state index contributed by atoms with van der Waals surface area (Å²) in [5.41, 5.74) is 3.22. The second kappa shape index (κ2) is 5.58. The Morgan fingerprint density at radius 2 is 1.73 bits per heavy atom. The van der Waals surface area contributed by atoms with Crippen LogP contribution in [0.25, 0.3) is 0 Å². The number of anilines is 1. The number of ether oxygens (including phenoxy) is 2. The van der Waals surface area contributed by atoms with Crippen LogP contribution in [0.4, 0.5) is 5.69 Å². The average Bonchev–Trinajstić information content (AvgIpc) is 2.97. The molecule has 26 heavy (non-hydrogen) atoms. The van der Waals surface area contributed by atoms with E-state index >= 15 is 0 Å². The van der Waals surface area contributed by atoms with Gasteiger partial charge in [-0.25, -0.2) is 5.01 Å². The van der Waals surface area contributed by atoms with E-state index in [1.807, 2.05) is 24.3 Å². The number of nitrogens with zero attached hydrogens (tertiary/aromatic N) is 2. The second-order valence-electron chi connectivity index (χ2n) is 8.04. The highest BCUT2D eigenvalue weighted by Crippen LogP contribution is 2.54. The highest BCUT2D eigenvalue weighted by molar-refractivity contribution is 5.90. The van der Waals surface area contributed by atoms with Crippen LogP contribution >= 0.6 is 0 Å². The van der Waals surface area contributed by atoms with E-state index in [4.69, 9.17) is 14.6 Å². The lowest BCUT2D eigenvalue weighted by atomic mass is 9.65. The summed E-state index contributed by atoms with van der Waals surface area (Å²) in [5.74, 6) is 1.90. The van der Waals surface area contributed by atoms with Crippen LogP contribution in [0.3, 0.4) is 0 Å². The van der Waals surface area contributed by atoms with E-state index in [1.54, 1.807) is 0 Å². The fourth-order valence-electron chi connectivity index (χ4n) is 4.86. The van der Waals surface area contributed by atoms with Gasteiger partial charge in [0.25, 0.3) is 0 Å². The van der Waals surface area contributed by atoms with Gasteiger partial charge in [-0.05, 0) is 44.5 Å². The van der Waals surface area contributed by atoms with Crippen LogP contribution in [0, 0.1) is 11.8 Å². The van der Waals surface area contributed by atoms with Gasteiger partial charge in [0, 0.05) is 17.5 Å². The van der Waals surface area contributed by atoms with Gasteiger partial charge >= 0.3 is 0 Å². The average molecular weight is 348 g/mol. The summed E-state index contributed by atoms with van der Waals surface area (Å²) in [5, 5.41) is 6.98. The molecule has 4 atom stereocenters. The van der Waals surface area contributed by atoms with Gasteiger partial charge in [-0.3, -0.25) is 0 Å². The van der Waals surface area contributed by atoms with Crippen molar-refractivity contribution in [3.8, 4) is 5.75 Å². The third kappa shape index (κ3) is 2.21. The van der Waals surface area contributed by atoms with Crippen molar-refractivity contribution in [1.29, 1.82) is 0 Å². The topological polar surface area (TPSA) is 34.1 Å². The Bertz CT molecular complexity index is 861. The molecule has 3 heterocycles. The first-order valence-electron chi connectivity index (χ1n) is 9.35. The zero-order chi connectivity index (χ0) is 17.9. The van der Waals surface area contributed by atoms with Crippen LogP contribution in [0.5, 0.6) is 5.75 Å². The first-order chi connectivity index (χ1) is 12.6. The van der Waals surface area contributed by atoms with Crippen LogP contribution in [-0.2, 0) is 4.74 Å². The van der Waals surface area contributed by atoms with E-state index in [0.29, 0.717) is 18.4 Å². The molecular formula is C22H24N2O2. The molecule has 3 aliphatic rings. The predicted molar refractivity (Wildman–Crippen MR) is 103 cm³/mol. The third-order valence-corrected chi connectivity index (χ3v) is 6.15. The Labute approximate surface area is 154 Å². The minimum Gasteiger partial charge on any atom is -0.493 e.